The SMILES string of the molecule is CC1(C)NC(=O)CC[C@H]1[N+](=O)[O-]. The highest BCUT2D eigenvalue weighted by Crippen LogP contribution is 2.21. The fourth-order valence-electron chi connectivity index (χ4n) is 1.50. The Morgan fingerprint density at radius 1 is 1.67 bits per heavy atom. The summed E-state index contributed by atoms with van der Waals surface area (Å²) >= 11 is 0. The normalized spacial score (nSPS) is 27.8. The van der Waals surface area contributed by atoms with E-state index in [1.165, 1.54) is 0 Å². The van der Waals surface area contributed by atoms with Crippen LogP contribution in [-0.4, -0.2) is 22.4 Å². The van der Waals surface area contributed by atoms with E-state index in [-0.39, 0.29) is 17.3 Å². The van der Waals surface area contributed by atoms with Crippen molar-refractivity contribution in [2.45, 2.75) is 38.3 Å². The van der Waals surface area contributed by atoms with E-state index in [4.69, 9.17) is 0 Å². The Balaban J connectivity index is 2.77. The van der Waals surface area contributed by atoms with Crippen LogP contribution < -0.4 is 5.32 Å². The van der Waals surface area contributed by atoms with Gasteiger partial charge < -0.3 is 5.32 Å². The molecule has 0 aromatic carbocycles. The highest BCUT2D eigenvalue weighted by Gasteiger charge is 2.43. The number of hydrogen-bond acceptors (Lipinski definition) is 3. The van der Waals surface area contributed by atoms with E-state index < -0.39 is 11.6 Å². The monoisotopic (exact) mass is 172 g/mol. The number of amides is 1. The Kier molecular flexibility index (Phi) is 2.04. The molecule has 1 N–H and O–H groups in total. The quantitative estimate of drug-likeness (QED) is 0.457. The predicted octanol–water partition coefficient (Wildman–Crippen LogP) is 0.320. The van der Waals surface area contributed by atoms with Crippen molar-refractivity contribution in [1.82, 2.24) is 5.32 Å². The van der Waals surface area contributed by atoms with Crippen molar-refractivity contribution in [1.29, 1.82) is 0 Å². The minimum Gasteiger partial charge on any atom is -0.344 e. The van der Waals surface area contributed by atoms with Gasteiger partial charge in [0.15, 0.2) is 0 Å². The first-order valence-electron chi connectivity index (χ1n) is 3.88. The number of nitro groups is 1. The van der Waals surface area contributed by atoms with Crippen LogP contribution in [0.3, 0.4) is 0 Å². The number of nitrogens with zero attached hydrogens (tertiary/aromatic N) is 1. The molecule has 12 heavy (non-hydrogen) atoms. The van der Waals surface area contributed by atoms with Gasteiger partial charge in [0, 0.05) is 17.8 Å². The number of carbonyl (C=O) groups is 1. The molecule has 0 saturated carbocycles. The van der Waals surface area contributed by atoms with Crippen LogP contribution in [0, 0.1) is 10.1 Å². The third kappa shape index (κ3) is 1.54. The van der Waals surface area contributed by atoms with Gasteiger partial charge in [-0.1, -0.05) is 0 Å². The van der Waals surface area contributed by atoms with Gasteiger partial charge in [-0.3, -0.25) is 14.9 Å². The Hall–Kier alpha value is -1.13. The van der Waals surface area contributed by atoms with Crippen molar-refractivity contribution in [3.05, 3.63) is 10.1 Å². The average molecular weight is 172 g/mol. The Bertz CT molecular complexity index is 225. The van der Waals surface area contributed by atoms with E-state index in [0.29, 0.717) is 6.42 Å². The van der Waals surface area contributed by atoms with E-state index in [1.54, 1.807) is 13.8 Å². The van der Waals surface area contributed by atoms with Crippen LogP contribution in [0.2, 0.25) is 0 Å². The van der Waals surface area contributed by atoms with E-state index in [2.05, 4.69) is 5.32 Å². The fraction of sp³-hybridized carbons (Fsp3) is 0.857. The van der Waals surface area contributed by atoms with Crippen molar-refractivity contribution in [3.8, 4) is 0 Å². The fourth-order valence-corrected chi connectivity index (χ4v) is 1.50. The zero-order valence-electron chi connectivity index (χ0n) is 7.16. The largest absolute Gasteiger partial charge is 0.344 e. The van der Waals surface area contributed by atoms with E-state index >= 15 is 0 Å². The number of carbonyl (C=O) groups excluding carboxylic acids is 1. The molecule has 0 spiro atoms. The van der Waals surface area contributed by atoms with Crippen LogP contribution in [0.4, 0.5) is 0 Å². The standard InChI is InChI=1S/C7H12N2O3/c1-7(2)5(9(11)12)3-4-6(10)8-7/h5H,3-4H2,1-2H3,(H,8,10)/t5-/m1/s1. The van der Waals surface area contributed by atoms with E-state index in [0.717, 1.165) is 0 Å². The number of nitrogens with one attached hydrogen (secondary N) is 1. The first kappa shape index (κ1) is 8.96. The minimum atomic E-state index is -0.709. The summed E-state index contributed by atoms with van der Waals surface area (Å²) in [5.74, 6) is -0.0990. The number of hydrogen-bond donors (Lipinski definition) is 1. The van der Waals surface area contributed by atoms with Gasteiger partial charge >= 0.3 is 0 Å². The van der Waals surface area contributed by atoms with Gasteiger partial charge in [0.05, 0.1) is 0 Å². The summed E-state index contributed by atoms with van der Waals surface area (Å²) in [5.41, 5.74) is -0.709. The molecule has 0 bridgehead atoms. The molecule has 1 aliphatic heterocycles. The van der Waals surface area contributed by atoms with Gasteiger partial charge in [-0.15, -0.1) is 0 Å². The van der Waals surface area contributed by atoms with Crippen molar-refractivity contribution in [3.63, 3.8) is 0 Å². The van der Waals surface area contributed by atoms with Crippen LogP contribution in [0.25, 0.3) is 0 Å². The van der Waals surface area contributed by atoms with Crippen molar-refractivity contribution in [2.24, 2.45) is 0 Å². The van der Waals surface area contributed by atoms with Gasteiger partial charge in [-0.05, 0) is 13.8 Å². The summed E-state index contributed by atoms with van der Waals surface area (Å²) < 4.78 is 0. The van der Waals surface area contributed by atoms with Crippen LogP contribution in [0.5, 0.6) is 0 Å². The molecule has 1 atom stereocenters. The first-order chi connectivity index (χ1) is 5.43. The lowest BCUT2D eigenvalue weighted by Crippen LogP contribution is -2.58. The molecular formula is C7H12N2O3. The molecule has 1 saturated heterocycles. The second-order valence-electron chi connectivity index (χ2n) is 3.61. The maximum absolute atomic E-state index is 10.9. The van der Waals surface area contributed by atoms with E-state index in [9.17, 15) is 14.9 Å². The second-order valence-corrected chi connectivity index (χ2v) is 3.61. The lowest BCUT2D eigenvalue weighted by atomic mass is 9.87. The summed E-state index contributed by atoms with van der Waals surface area (Å²) in [4.78, 5) is 21.1. The third-order valence-corrected chi connectivity index (χ3v) is 2.19. The first-order valence-corrected chi connectivity index (χ1v) is 3.88. The molecule has 0 aromatic heterocycles. The summed E-state index contributed by atoms with van der Waals surface area (Å²) in [6.45, 7) is 3.36. The molecular weight excluding hydrogens is 160 g/mol. The van der Waals surface area contributed by atoms with Crippen LogP contribution in [0.15, 0.2) is 0 Å². The highest BCUT2D eigenvalue weighted by molar-refractivity contribution is 5.77. The molecule has 1 amide bonds. The van der Waals surface area contributed by atoms with Gasteiger partial charge in [-0.2, -0.15) is 0 Å². The van der Waals surface area contributed by atoms with Crippen LogP contribution >= 0.6 is 0 Å². The Morgan fingerprint density at radius 2 is 2.25 bits per heavy atom. The molecule has 5 nitrogen and oxygen atoms in total. The number of piperidine rings is 1. The summed E-state index contributed by atoms with van der Waals surface area (Å²) in [6.07, 6.45) is 0.598. The summed E-state index contributed by atoms with van der Waals surface area (Å²) in [6, 6.07) is -0.657. The van der Waals surface area contributed by atoms with Gasteiger partial charge in [-0.25, -0.2) is 0 Å². The summed E-state index contributed by atoms with van der Waals surface area (Å²) in [5, 5.41) is 13.1. The second kappa shape index (κ2) is 2.73. The van der Waals surface area contributed by atoms with Crippen molar-refractivity contribution in [2.75, 3.05) is 0 Å². The van der Waals surface area contributed by atoms with Crippen LogP contribution in [0.1, 0.15) is 26.7 Å². The molecule has 68 valence electrons. The molecule has 1 aliphatic rings. The molecule has 1 fully saturated rings. The topological polar surface area (TPSA) is 72.2 Å². The third-order valence-electron chi connectivity index (χ3n) is 2.19. The smallest absolute Gasteiger partial charge is 0.235 e. The highest BCUT2D eigenvalue weighted by atomic mass is 16.6. The molecule has 0 aliphatic carbocycles. The molecule has 5 heteroatoms. The maximum atomic E-state index is 10.9. The van der Waals surface area contributed by atoms with Crippen molar-refractivity contribution < 1.29 is 9.72 Å². The minimum absolute atomic E-state index is 0.0990. The lowest BCUT2D eigenvalue weighted by molar-refractivity contribution is -0.535. The maximum Gasteiger partial charge on any atom is 0.235 e. The van der Waals surface area contributed by atoms with Gasteiger partial charge in [0.25, 0.3) is 0 Å². The van der Waals surface area contributed by atoms with Gasteiger partial charge in [0.2, 0.25) is 11.9 Å². The molecule has 0 aromatic rings. The van der Waals surface area contributed by atoms with Crippen molar-refractivity contribution >= 4 is 5.91 Å². The Labute approximate surface area is 70.3 Å². The molecule has 0 radical (unpaired) electrons. The number of rotatable bonds is 1. The average Bonchev–Trinajstić information content (AvgIpc) is 1.82. The molecule has 1 rings (SSSR count). The Morgan fingerprint density at radius 3 is 2.67 bits per heavy atom. The van der Waals surface area contributed by atoms with E-state index in [1.807, 2.05) is 0 Å². The molecule has 0 unspecified atom stereocenters. The zero-order chi connectivity index (χ0) is 9.35. The van der Waals surface area contributed by atoms with Crippen LogP contribution in [-0.2, 0) is 4.79 Å². The predicted molar refractivity (Wildman–Crippen MR) is 42.2 cm³/mol. The zero-order valence-corrected chi connectivity index (χ0v) is 7.16. The lowest BCUT2D eigenvalue weighted by Gasteiger charge is -2.32. The summed E-state index contributed by atoms with van der Waals surface area (Å²) in [7, 11) is 0. The molecule has 1 heterocycles. The van der Waals surface area contributed by atoms with Gasteiger partial charge in [0.1, 0.15) is 5.54 Å².